The van der Waals surface area contributed by atoms with Crippen LogP contribution in [0.25, 0.3) is 0 Å². The van der Waals surface area contributed by atoms with E-state index in [1.54, 1.807) is 12.4 Å². The van der Waals surface area contributed by atoms with E-state index in [0.29, 0.717) is 11.7 Å². The fraction of sp³-hybridized carbons (Fsp3) is 0.227. The number of carbonyl (C=O) groups is 1. The number of hydrogen-bond acceptors (Lipinski definition) is 5. The largest absolute Gasteiger partial charge is 0.436 e. The fourth-order valence-electron chi connectivity index (χ4n) is 3.37. The monoisotopic (exact) mass is 452 g/mol. The number of amides is 1. The van der Waals surface area contributed by atoms with Crippen LogP contribution in [0.5, 0.6) is 11.6 Å². The third-order valence-electron chi connectivity index (χ3n) is 4.86. The lowest BCUT2D eigenvalue weighted by atomic mass is 9.96. The zero-order chi connectivity index (χ0) is 20.1. The summed E-state index contributed by atoms with van der Waals surface area (Å²) >= 11 is 3.43. The molecule has 0 unspecified atom stereocenters. The van der Waals surface area contributed by atoms with Gasteiger partial charge in [-0.1, -0.05) is 40.2 Å². The van der Waals surface area contributed by atoms with Gasteiger partial charge in [0.25, 0.3) is 5.88 Å². The number of aromatic nitrogens is 2. The highest BCUT2D eigenvalue weighted by molar-refractivity contribution is 9.10. The number of nitrogens with zero attached hydrogens (tertiary/aromatic N) is 3. The number of halogens is 1. The van der Waals surface area contributed by atoms with Crippen molar-refractivity contribution in [2.75, 3.05) is 23.3 Å². The van der Waals surface area contributed by atoms with Crippen LogP contribution >= 0.6 is 15.9 Å². The van der Waals surface area contributed by atoms with E-state index in [4.69, 9.17) is 4.74 Å². The number of piperidine rings is 1. The van der Waals surface area contributed by atoms with E-state index in [1.807, 2.05) is 54.6 Å². The van der Waals surface area contributed by atoms with Crippen LogP contribution in [0.15, 0.2) is 71.5 Å². The Morgan fingerprint density at radius 2 is 1.79 bits per heavy atom. The lowest BCUT2D eigenvalue weighted by molar-refractivity contribution is -0.120. The Labute approximate surface area is 178 Å². The average molecular weight is 453 g/mol. The molecule has 6 nitrogen and oxygen atoms in total. The van der Waals surface area contributed by atoms with E-state index < -0.39 is 0 Å². The Bertz CT molecular complexity index is 975. The second kappa shape index (κ2) is 9.05. The van der Waals surface area contributed by atoms with Gasteiger partial charge in [0.2, 0.25) is 5.91 Å². The summed E-state index contributed by atoms with van der Waals surface area (Å²) in [6, 6.07) is 17.2. The SMILES string of the molecule is O=C(Nc1cccc(Br)c1)C1CCN(c2nccnc2Oc2ccccc2)CC1. The van der Waals surface area contributed by atoms with Gasteiger partial charge in [-0.2, -0.15) is 0 Å². The Hall–Kier alpha value is -2.93. The molecule has 1 fully saturated rings. The van der Waals surface area contributed by atoms with Crippen molar-refractivity contribution in [2.24, 2.45) is 5.92 Å². The lowest BCUT2D eigenvalue weighted by Crippen LogP contribution is -2.38. The third-order valence-corrected chi connectivity index (χ3v) is 5.35. The molecule has 0 spiro atoms. The minimum absolute atomic E-state index is 0.0274. The van der Waals surface area contributed by atoms with Crippen LogP contribution in [0.1, 0.15) is 12.8 Å². The maximum atomic E-state index is 12.6. The van der Waals surface area contributed by atoms with Crippen LogP contribution < -0.4 is 15.0 Å². The molecule has 4 rings (SSSR count). The normalized spacial score (nSPS) is 14.4. The molecule has 7 heteroatoms. The van der Waals surface area contributed by atoms with Crippen LogP contribution in [0.3, 0.4) is 0 Å². The smallest absolute Gasteiger partial charge is 0.263 e. The van der Waals surface area contributed by atoms with Crippen molar-refractivity contribution in [3.63, 3.8) is 0 Å². The Morgan fingerprint density at radius 3 is 2.55 bits per heavy atom. The molecule has 1 aliphatic rings. The first-order chi connectivity index (χ1) is 14.2. The van der Waals surface area contributed by atoms with Crippen LogP contribution in [0.4, 0.5) is 11.5 Å². The van der Waals surface area contributed by atoms with Crippen molar-refractivity contribution in [2.45, 2.75) is 12.8 Å². The maximum absolute atomic E-state index is 12.6. The summed E-state index contributed by atoms with van der Waals surface area (Å²) in [7, 11) is 0. The zero-order valence-electron chi connectivity index (χ0n) is 15.8. The number of para-hydroxylation sites is 1. The molecule has 148 valence electrons. The van der Waals surface area contributed by atoms with Crippen LogP contribution in [-0.4, -0.2) is 29.0 Å². The summed E-state index contributed by atoms with van der Waals surface area (Å²) in [5, 5.41) is 3.01. The molecule has 0 radical (unpaired) electrons. The van der Waals surface area contributed by atoms with Crippen molar-refractivity contribution < 1.29 is 9.53 Å². The van der Waals surface area contributed by atoms with Crippen molar-refractivity contribution in [1.82, 2.24) is 9.97 Å². The van der Waals surface area contributed by atoms with Crippen LogP contribution in [0, 0.1) is 5.92 Å². The van der Waals surface area contributed by atoms with E-state index in [2.05, 4.69) is 36.1 Å². The number of anilines is 2. The summed E-state index contributed by atoms with van der Waals surface area (Å²) in [5.41, 5.74) is 0.805. The van der Waals surface area contributed by atoms with Crippen molar-refractivity contribution in [3.8, 4) is 11.6 Å². The first kappa shape index (κ1) is 19.4. The van der Waals surface area contributed by atoms with E-state index in [1.165, 1.54) is 0 Å². The second-order valence-corrected chi connectivity index (χ2v) is 7.78. The first-order valence-corrected chi connectivity index (χ1v) is 10.3. The molecule has 1 aromatic heterocycles. The molecule has 1 saturated heterocycles. The number of hydrogen-bond donors (Lipinski definition) is 1. The zero-order valence-corrected chi connectivity index (χ0v) is 17.4. The van der Waals surface area contributed by atoms with Gasteiger partial charge in [0, 0.05) is 41.6 Å². The van der Waals surface area contributed by atoms with Gasteiger partial charge in [-0.3, -0.25) is 4.79 Å². The molecule has 29 heavy (non-hydrogen) atoms. The molecule has 2 aromatic carbocycles. The molecule has 0 bridgehead atoms. The van der Waals surface area contributed by atoms with Gasteiger partial charge in [0.15, 0.2) is 5.82 Å². The molecule has 0 saturated carbocycles. The van der Waals surface area contributed by atoms with Crippen molar-refractivity contribution in [3.05, 3.63) is 71.5 Å². The first-order valence-electron chi connectivity index (χ1n) is 9.54. The summed E-state index contributed by atoms with van der Waals surface area (Å²) < 4.78 is 6.87. The van der Waals surface area contributed by atoms with Gasteiger partial charge in [0.1, 0.15) is 5.75 Å². The van der Waals surface area contributed by atoms with E-state index in [-0.39, 0.29) is 11.8 Å². The molecule has 3 aromatic rings. The summed E-state index contributed by atoms with van der Waals surface area (Å²) in [4.78, 5) is 23.6. The highest BCUT2D eigenvalue weighted by Crippen LogP contribution is 2.31. The van der Waals surface area contributed by atoms with Crippen LogP contribution in [-0.2, 0) is 4.79 Å². The van der Waals surface area contributed by atoms with Gasteiger partial charge < -0.3 is 15.0 Å². The van der Waals surface area contributed by atoms with E-state index in [0.717, 1.165) is 41.8 Å². The van der Waals surface area contributed by atoms with E-state index >= 15 is 0 Å². The standard InChI is InChI=1S/C22H21BrN4O2/c23-17-5-4-6-18(15-17)26-21(28)16-9-13-27(14-10-16)20-22(25-12-11-24-20)29-19-7-2-1-3-8-19/h1-8,11-12,15-16H,9-10,13-14H2,(H,26,28). The summed E-state index contributed by atoms with van der Waals surface area (Å²) in [5.74, 6) is 1.94. The maximum Gasteiger partial charge on any atom is 0.263 e. The number of benzene rings is 2. The minimum atomic E-state index is -0.0274. The highest BCUT2D eigenvalue weighted by atomic mass is 79.9. The minimum Gasteiger partial charge on any atom is -0.436 e. The van der Waals surface area contributed by atoms with E-state index in [9.17, 15) is 4.79 Å². The quantitative estimate of drug-likeness (QED) is 0.596. The fourth-order valence-corrected chi connectivity index (χ4v) is 3.77. The number of ether oxygens (including phenoxy) is 1. The summed E-state index contributed by atoms with van der Waals surface area (Å²) in [6.07, 6.45) is 4.79. The topological polar surface area (TPSA) is 67.4 Å². The van der Waals surface area contributed by atoms with Crippen molar-refractivity contribution >= 4 is 33.3 Å². The Morgan fingerprint density at radius 1 is 1.03 bits per heavy atom. The average Bonchev–Trinajstić information content (AvgIpc) is 2.75. The third kappa shape index (κ3) is 4.92. The molecule has 1 aliphatic heterocycles. The molecule has 2 heterocycles. The molecular formula is C22H21BrN4O2. The highest BCUT2D eigenvalue weighted by Gasteiger charge is 2.27. The van der Waals surface area contributed by atoms with Gasteiger partial charge in [-0.05, 0) is 43.2 Å². The van der Waals surface area contributed by atoms with Crippen LogP contribution in [0.2, 0.25) is 0 Å². The molecule has 0 aliphatic carbocycles. The van der Waals surface area contributed by atoms with Gasteiger partial charge in [-0.15, -0.1) is 0 Å². The van der Waals surface area contributed by atoms with Gasteiger partial charge in [0.05, 0.1) is 0 Å². The predicted molar refractivity (Wildman–Crippen MR) is 116 cm³/mol. The Balaban J connectivity index is 1.39. The molecule has 1 amide bonds. The Kier molecular flexibility index (Phi) is 6.05. The number of nitrogens with one attached hydrogen (secondary N) is 1. The molecule has 0 atom stereocenters. The van der Waals surface area contributed by atoms with Crippen molar-refractivity contribution in [1.29, 1.82) is 0 Å². The molecular weight excluding hydrogens is 432 g/mol. The molecule has 1 N–H and O–H groups in total. The van der Waals surface area contributed by atoms with Gasteiger partial charge >= 0.3 is 0 Å². The van der Waals surface area contributed by atoms with Gasteiger partial charge in [-0.25, -0.2) is 9.97 Å². The summed E-state index contributed by atoms with van der Waals surface area (Å²) in [6.45, 7) is 1.45. The number of carbonyl (C=O) groups excluding carboxylic acids is 1. The lowest BCUT2D eigenvalue weighted by Gasteiger charge is -2.32. The predicted octanol–water partition coefficient (Wildman–Crippen LogP) is 4.89. The number of rotatable bonds is 5. The second-order valence-electron chi connectivity index (χ2n) is 6.86.